The first kappa shape index (κ1) is 16.1. The number of likely N-dealkylation sites (tertiary alicyclic amines) is 1. The Hall–Kier alpha value is -1.27. The van der Waals surface area contributed by atoms with Crippen molar-refractivity contribution in [2.75, 3.05) is 25.0 Å². The number of carbonyl (C=O) groups is 2. The first-order valence-electron chi connectivity index (χ1n) is 6.67. The molecule has 1 aromatic rings. The molecule has 21 heavy (non-hydrogen) atoms. The van der Waals surface area contributed by atoms with Gasteiger partial charge in [-0.05, 0) is 31.0 Å². The molecule has 0 aromatic heterocycles. The molecular weight excluding hydrogens is 360 g/mol. The number of anilines is 1. The lowest BCUT2D eigenvalue weighted by molar-refractivity contribution is -0.145. The van der Waals surface area contributed by atoms with Crippen LogP contribution >= 0.6 is 27.5 Å². The molecule has 1 aliphatic rings. The maximum atomic E-state index is 12.1. The minimum absolute atomic E-state index is 0.0464. The van der Waals surface area contributed by atoms with Crippen LogP contribution in [0.3, 0.4) is 0 Å². The van der Waals surface area contributed by atoms with Crippen molar-refractivity contribution < 1.29 is 14.7 Å². The van der Waals surface area contributed by atoms with Crippen molar-refractivity contribution in [2.45, 2.75) is 12.8 Å². The highest BCUT2D eigenvalue weighted by Gasteiger charge is 2.26. The SMILES string of the molecule is O=C(O)C1CCN(C(=O)CNc2cc(Br)ccc2Cl)CC1. The lowest BCUT2D eigenvalue weighted by atomic mass is 9.97. The highest BCUT2D eigenvalue weighted by atomic mass is 79.9. The number of piperidine rings is 1. The standard InChI is InChI=1S/C14H16BrClN2O3/c15-10-1-2-11(16)12(7-10)17-8-13(19)18-5-3-9(4-6-18)14(20)21/h1-2,7,9,17H,3-6,8H2,(H,20,21). The number of hydrogen-bond acceptors (Lipinski definition) is 3. The second kappa shape index (κ2) is 7.13. The monoisotopic (exact) mass is 374 g/mol. The third-order valence-electron chi connectivity index (χ3n) is 3.56. The summed E-state index contributed by atoms with van der Waals surface area (Å²) in [5, 5.41) is 12.5. The molecule has 0 radical (unpaired) electrons. The van der Waals surface area contributed by atoms with E-state index in [2.05, 4.69) is 21.2 Å². The Morgan fingerprint density at radius 2 is 2.05 bits per heavy atom. The Kier molecular flexibility index (Phi) is 5.47. The number of benzene rings is 1. The van der Waals surface area contributed by atoms with E-state index in [9.17, 15) is 9.59 Å². The predicted octanol–water partition coefficient (Wildman–Crippen LogP) is 2.84. The number of nitrogens with zero attached hydrogens (tertiary/aromatic N) is 1. The lowest BCUT2D eigenvalue weighted by Crippen LogP contribution is -2.42. The molecular formula is C14H16BrClN2O3. The third-order valence-corrected chi connectivity index (χ3v) is 4.38. The number of carbonyl (C=O) groups excluding carboxylic acids is 1. The maximum Gasteiger partial charge on any atom is 0.306 e. The minimum Gasteiger partial charge on any atom is -0.481 e. The van der Waals surface area contributed by atoms with Crippen molar-refractivity contribution in [3.05, 3.63) is 27.7 Å². The van der Waals surface area contributed by atoms with E-state index in [0.29, 0.717) is 36.6 Å². The number of hydrogen-bond donors (Lipinski definition) is 2. The van der Waals surface area contributed by atoms with E-state index in [0.717, 1.165) is 4.47 Å². The van der Waals surface area contributed by atoms with Crippen molar-refractivity contribution in [2.24, 2.45) is 5.92 Å². The topological polar surface area (TPSA) is 69.6 Å². The number of amides is 1. The lowest BCUT2D eigenvalue weighted by Gasteiger charge is -2.30. The molecule has 1 aliphatic heterocycles. The molecule has 5 nitrogen and oxygen atoms in total. The van der Waals surface area contributed by atoms with Gasteiger partial charge in [0.05, 0.1) is 23.2 Å². The van der Waals surface area contributed by atoms with Crippen molar-refractivity contribution in [1.29, 1.82) is 0 Å². The summed E-state index contributed by atoms with van der Waals surface area (Å²) in [5.41, 5.74) is 0.694. The molecule has 1 heterocycles. The van der Waals surface area contributed by atoms with Crippen LogP contribution in [0.1, 0.15) is 12.8 Å². The van der Waals surface area contributed by atoms with Crippen LogP contribution in [0.2, 0.25) is 5.02 Å². The van der Waals surface area contributed by atoms with Gasteiger partial charge in [0.15, 0.2) is 0 Å². The number of halogens is 2. The average molecular weight is 376 g/mol. The number of nitrogens with one attached hydrogen (secondary N) is 1. The van der Waals surface area contributed by atoms with E-state index in [1.54, 1.807) is 11.0 Å². The van der Waals surface area contributed by atoms with Crippen LogP contribution in [-0.2, 0) is 9.59 Å². The van der Waals surface area contributed by atoms with Gasteiger partial charge in [0.1, 0.15) is 0 Å². The van der Waals surface area contributed by atoms with Crippen LogP contribution in [0.15, 0.2) is 22.7 Å². The Morgan fingerprint density at radius 3 is 2.67 bits per heavy atom. The zero-order valence-corrected chi connectivity index (χ0v) is 13.7. The zero-order chi connectivity index (χ0) is 15.4. The number of rotatable bonds is 4. The van der Waals surface area contributed by atoms with Crippen molar-refractivity contribution >= 4 is 45.1 Å². The van der Waals surface area contributed by atoms with Crippen LogP contribution in [0.4, 0.5) is 5.69 Å². The Bertz CT molecular complexity index is 545. The molecule has 7 heteroatoms. The van der Waals surface area contributed by atoms with Gasteiger partial charge in [0, 0.05) is 17.6 Å². The molecule has 0 saturated carbocycles. The van der Waals surface area contributed by atoms with Crippen LogP contribution < -0.4 is 5.32 Å². The van der Waals surface area contributed by atoms with Gasteiger partial charge in [0.25, 0.3) is 0 Å². The summed E-state index contributed by atoms with van der Waals surface area (Å²) in [7, 11) is 0. The van der Waals surface area contributed by atoms with Gasteiger partial charge in [0.2, 0.25) is 5.91 Å². The smallest absolute Gasteiger partial charge is 0.306 e. The van der Waals surface area contributed by atoms with Crippen molar-refractivity contribution in [1.82, 2.24) is 4.90 Å². The van der Waals surface area contributed by atoms with Crippen molar-refractivity contribution in [3.63, 3.8) is 0 Å². The fraction of sp³-hybridized carbons (Fsp3) is 0.429. The summed E-state index contributed by atoms with van der Waals surface area (Å²) < 4.78 is 0.879. The van der Waals surface area contributed by atoms with Crippen molar-refractivity contribution in [3.8, 4) is 0 Å². The molecule has 2 N–H and O–H groups in total. The summed E-state index contributed by atoms with van der Waals surface area (Å²) in [6, 6.07) is 5.38. The van der Waals surface area contributed by atoms with Gasteiger partial charge in [-0.2, -0.15) is 0 Å². The van der Waals surface area contributed by atoms with Gasteiger partial charge in [-0.3, -0.25) is 9.59 Å². The normalized spacial score (nSPS) is 15.8. The average Bonchev–Trinajstić information content (AvgIpc) is 2.48. The molecule has 0 unspecified atom stereocenters. The van der Waals surface area contributed by atoms with E-state index >= 15 is 0 Å². The molecule has 1 aromatic carbocycles. The highest BCUT2D eigenvalue weighted by Crippen LogP contribution is 2.25. The Morgan fingerprint density at radius 1 is 1.38 bits per heavy atom. The minimum atomic E-state index is -0.777. The van der Waals surface area contributed by atoms with Crippen LogP contribution in [-0.4, -0.2) is 41.5 Å². The molecule has 1 amide bonds. The molecule has 0 spiro atoms. The van der Waals surface area contributed by atoms with Gasteiger partial charge in [-0.25, -0.2) is 0 Å². The highest BCUT2D eigenvalue weighted by molar-refractivity contribution is 9.10. The quantitative estimate of drug-likeness (QED) is 0.849. The number of carboxylic acid groups (broad SMARTS) is 1. The second-order valence-electron chi connectivity index (χ2n) is 4.97. The number of carboxylic acids is 1. The molecule has 1 saturated heterocycles. The summed E-state index contributed by atoms with van der Waals surface area (Å²) in [5.74, 6) is -1.16. The molecule has 0 aliphatic carbocycles. The summed E-state index contributed by atoms with van der Waals surface area (Å²) in [6.45, 7) is 1.13. The van der Waals surface area contributed by atoms with E-state index in [-0.39, 0.29) is 18.4 Å². The first-order valence-corrected chi connectivity index (χ1v) is 7.84. The van der Waals surface area contributed by atoms with E-state index in [1.165, 1.54) is 0 Å². The fourth-order valence-electron chi connectivity index (χ4n) is 2.29. The Balaban J connectivity index is 1.85. The van der Waals surface area contributed by atoms with Gasteiger partial charge >= 0.3 is 5.97 Å². The van der Waals surface area contributed by atoms with Gasteiger partial charge in [-0.1, -0.05) is 27.5 Å². The molecule has 0 bridgehead atoms. The summed E-state index contributed by atoms with van der Waals surface area (Å²) >= 11 is 9.40. The van der Waals surface area contributed by atoms with Crippen LogP contribution in [0.25, 0.3) is 0 Å². The zero-order valence-electron chi connectivity index (χ0n) is 11.3. The summed E-state index contributed by atoms with van der Waals surface area (Å²) in [6.07, 6.45) is 1.03. The van der Waals surface area contributed by atoms with E-state index in [1.807, 2.05) is 12.1 Å². The van der Waals surface area contributed by atoms with Crippen LogP contribution in [0.5, 0.6) is 0 Å². The second-order valence-corrected chi connectivity index (χ2v) is 6.29. The summed E-state index contributed by atoms with van der Waals surface area (Å²) in [4.78, 5) is 24.7. The Labute approximate surface area is 136 Å². The first-order chi connectivity index (χ1) is 9.97. The fourth-order valence-corrected chi connectivity index (χ4v) is 2.84. The molecule has 0 atom stereocenters. The molecule has 2 rings (SSSR count). The third kappa shape index (κ3) is 4.35. The van der Waals surface area contributed by atoms with Crippen LogP contribution in [0, 0.1) is 5.92 Å². The largest absolute Gasteiger partial charge is 0.481 e. The van der Waals surface area contributed by atoms with E-state index in [4.69, 9.17) is 16.7 Å². The van der Waals surface area contributed by atoms with Gasteiger partial charge in [-0.15, -0.1) is 0 Å². The maximum absolute atomic E-state index is 12.1. The molecule has 114 valence electrons. The van der Waals surface area contributed by atoms with E-state index < -0.39 is 5.97 Å². The number of aliphatic carboxylic acids is 1. The van der Waals surface area contributed by atoms with Gasteiger partial charge < -0.3 is 15.3 Å². The predicted molar refractivity (Wildman–Crippen MR) is 84.6 cm³/mol. The molecule has 1 fully saturated rings.